The summed E-state index contributed by atoms with van der Waals surface area (Å²) >= 11 is 0. The van der Waals surface area contributed by atoms with Crippen LogP contribution < -0.4 is 0 Å². The van der Waals surface area contributed by atoms with Gasteiger partial charge in [-0.05, 0) is 19.1 Å². The van der Waals surface area contributed by atoms with Gasteiger partial charge in [-0.2, -0.15) is 0 Å². The molecule has 3 heteroatoms. The normalized spacial score (nSPS) is 11.1. The van der Waals surface area contributed by atoms with Gasteiger partial charge in [0.05, 0.1) is 12.7 Å². The highest BCUT2D eigenvalue weighted by atomic mass is 16.5. The lowest BCUT2D eigenvalue weighted by molar-refractivity contribution is 0.0601. The summed E-state index contributed by atoms with van der Waals surface area (Å²) < 4.78 is 11.0. The van der Waals surface area contributed by atoms with Crippen molar-refractivity contribution in [2.75, 3.05) is 7.11 Å². The second-order valence-electron chi connectivity index (χ2n) is 5.82. The lowest BCUT2D eigenvalue weighted by Crippen LogP contribution is -2.03. The van der Waals surface area contributed by atoms with E-state index in [4.69, 9.17) is 9.15 Å². The molecule has 0 aliphatic rings. The first-order valence-corrected chi connectivity index (χ1v) is 7.78. The second-order valence-corrected chi connectivity index (χ2v) is 5.82. The number of fused-ring (bicyclic) bond motifs is 3. The minimum Gasteiger partial charge on any atom is -0.465 e. The molecule has 0 unspecified atom stereocenters. The molecule has 0 bridgehead atoms. The molecule has 1 heterocycles. The molecular formula is C21H16O3. The van der Waals surface area contributed by atoms with E-state index in [1.54, 1.807) is 6.07 Å². The van der Waals surface area contributed by atoms with E-state index in [0.717, 1.165) is 38.6 Å². The Hall–Kier alpha value is -3.07. The SMILES string of the molecule is COC(=O)c1ccc(C)cc1-c1cccc2c1oc1ccccc12. The number of aryl methyl sites for hydroxylation is 1. The number of para-hydroxylation sites is 2. The van der Waals surface area contributed by atoms with Crippen LogP contribution in [0.5, 0.6) is 0 Å². The predicted molar refractivity (Wildman–Crippen MR) is 95.2 cm³/mol. The molecule has 0 spiro atoms. The third-order valence-corrected chi connectivity index (χ3v) is 4.27. The molecule has 4 aromatic rings. The van der Waals surface area contributed by atoms with Crippen LogP contribution in [0.1, 0.15) is 15.9 Å². The monoisotopic (exact) mass is 316 g/mol. The molecule has 0 N–H and O–H groups in total. The Labute approximate surface area is 139 Å². The number of hydrogen-bond donors (Lipinski definition) is 0. The van der Waals surface area contributed by atoms with Crippen LogP contribution in [0.2, 0.25) is 0 Å². The van der Waals surface area contributed by atoms with Crippen molar-refractivity contribution in [3.05, 3.63) is 71.8 Å². The second kappa shape index (κ2) is 5.53. The number of hydrogen-bond acceptors (Lipinski definition) is 3. The number of esters is 1. The maximum atomic E-state index is 12.2. The van der Waals surface area contributed by atoms with E-state index < -0.39 is 0 Å². The summed E-state index contributed by atoms with van der Waals surface area (Å²) in [6.07, 6.45) is 0. The molecule has 0 saturated carbocycles. The van der Waals surface area contributed by atoms with Crippen LogP contribution in [-0.2, 0) is 4.74 Å². The van der Waals surface area contributed by atoms with Gasteiger partial charge < -0.3 is 9.15 Å². The number of benzene rings is 3. The summed E-state index contributed by atoms with van der Waals surface area (Å²) in [5, 5.41) is 2.11. The molecule has 0 aliphatic carbocycles. The molecule has 0 atom stereocenters. The fourth-order valence-electron chi connectivity index (χ4n) is 3.13. The quantitative estimate of drug-likeness (QED) is 0.468. The van der Waals surface area contributed by atoms with E-state index in [2.05, 4.69) is 0 Å². The zero-order valence-corrected chi connectivity index (χ0v) is 13.5. The first-order chi connectivity index (χ1) is 11.7. The maximum Gasteiger partial charge on any atom is 0.338 e. The highest BCUT2D eigenvalue weighted by Gasteiger charge is 2.18. The van der Waals surface area contributed by atoms with Gasteiger partial charge in [0.15, 0.2) is 0 Å². The first kappa shape index (κ1) is 14.5. The van der Waals surface area contributed by atoms with Gasteiger partial charge >= 0.3 is 5.97 Å². The Morgan fingerprint density at radius 1 is 0.917 bits per heavy atom. The highest BCUT2D eigenvalue weighted by Crippen LogP contribution is 2.37. The van der Waals surface area contributed by atoms with Crippen molar-refractivity contribution in [2.24, 2.45) is 0 Å². The minimum absolute atomic E-state index is 0.349. The highest BCUT2D eigenvalue weighted by molar-refractivity contribution is 6.11. The van der Waals surface area contributed by atoms with Crippen molar-refractivity contribution in [1.29, 1.82) is 0 Å². The molecule has 1 aromatic heterocycles. The molecule has 118 valence electrons. The minimum atomic E-state index is -0.349. The van der Waals surface area contributed by atoms with Gasteiger partial charge in [-0.3, -0.25) is 0 Å². The van der Waals surface area contributed by atoms with Gasteiger partial charge in [-0.25, -0.2) is 4.79 Å². The third kappa shape index (κ3) is 2.17. The van der Waals surface area contributed by atoms with Crippen molar-refractivity contribution in [3.63, 3.8) is 0 Å². The average molecular weight is 316 g/mol. The van der Waals surface area contributed by atoms with Crippen LogP contribution >= 0.6 is 0 Å². The number of rotatable bonds is 2. The van der Waals surface area contributed by atoms with Crippen molar-refractivity contribution in [1.82, 2.24) is 0 Å². The molecule has 4 rings (SSSR count). The summed E-state index contributed by atoms with van der Waals surface area (Å²) in [6.45, 7) is 2.00. The van der Waals surface area contributed by atoms with Gasteiger partial charge in [-0.1, -0.05) is 54.1 Å². The number of carbonyl (C=O) groups is 1. The number of methoxy groups -OCH3 is 1. The molecule has 0 saturated heterocycles. The first-order valence-electron chi connectivity index (χ1n) is 7.78. The van der Waals surface area contributed by atoms with Crippen LogP contribution in [0.3, 0.4) is 0 Å². The molecule has 0 amide bonds. The average Bonchev–Trinajstić information content (AvgIpc) is 2.99. The van der Waals surface area contributed by atoms with Crippen LogP contribution in [0.4, 0.5) is 0 Å². The van der Waals surface area contributed by atoms with Crippen molar-refractivity contribution < 1.29 is 13.9 Å². The molecular weight excluding hydrogens is 300 g/mol. The summed E-state index contributed by atoms with van der Waals surface area (Å²) in [7, 11) is 1.40. The summed E-state index contributed by atoms with van der Waals surface area (Å²) in [5.41, 5.74) is 4.96. The van der Waals surface area contributed by atoms with E-state index >= 15 is 0 Å². The van der Waals surface area contributed by atoms with Crippen LogP contribution in [0, 0.1) is 6.92 Å². The van der Waals surface area contributed by atoms with Gasteiger partial charge in [0.1, 0.15) is 11.2 Å². The van der Waals surface area contributed by atoms with Gasteiger partial charge in [0.25, 0.3) is 0 Å². The lowest BCUT2D eigenvalue weighted by atomic mass is 9.96. The lowest BCUT2D eigenvalue weighted by Gasteiger charge is -2.10. The van der Waals surface area contributed by atoms with Gasteiger partial charge in [0.2, 0.25) is 0 Å². The van der Waals surface area contributed by atoms with E-state index in [0.29, 0.717) is 5.56 Å². The molecule has 0 aliphatic heterocycles. The maximum absolute atomic E-state index is 12.2. The zero-order valence-electron chi connectivity index (χ0n) is 13.5. The molecule has 24 heavy (non-hydrogen) atoms. The summed E-state index contributed by atoms with van der Waals surface area (Å²) in [4.78, 5) is 12.2. The Morgan fingerprint density at radius 3 is 2.54 bits per heavy atom. The van der Waals surface area contributed by atoms with Crippen LogP contribution in [0.15, 0.2) is 65.1 Å². The molecule has 0 fully saturated rings. The Bertz CT molecular complexity index is 1070. The summed E-state index contributed by atoms with van der Waals surface area (Å²) in [6, 6.07) is 19.7. The molecule has 0 radical (unpaired) electrons. The summed E-state index contributed by atoms with van der Waals surface area (Å²) in [5.74, 6) is -0.349. The zero-order chi connectivity index (χ0) is 16.7. The number of furan rings is 1. The Morgan fingerprint density at radius 2 is 1.71 bits per heavy atom. The van der Waals surface area contributed by atoms with Crippen molar-refractivity contribution >= 4 is 27.9 Å². The van der Waals surface area contributed by atoms with E-state index in [-0.39, 0.29) is 5.97 Å². The Balaban J connectivity index is 2.07. The fourth-order valence-corrected chi connectivity index (χ4v) is 3.13. The van der Waals surface area contributed by atoms with Gasteiger partial charge in [0, 0.05) is 21.9 Å². The topological polar surface area (TPSA) is 39.4 Å². The standard InChI is InChI=1S/C21H16O3/c1-13-10-11-17(21(22)23-2)18(12-13)16-8-5-7-15-14-6-3-4-9-19(14)24-20(15)16/h3-12H,1-2H3. The van der Waals surface area contributed by atoms with Crippen LogP contribution in [0.25, 0.3) is 33.1 Å². The van der Waals surface area contributed by atoms with Crippen molar-refractivity contribution in [2.45, 2.75) is 6.92 Å². The molecule has 3 aromatic carbocycles. The van der Waals surface area contributed by atoms with Gasteiger partial charge in [-0.15, -0.1) is 0 Å². The fraction of sp³-hybridized carbons (Fsp3) is 0.0952. The number of ether oxygens (including phenoxy) is 1. The van der Waals surface area contributed by atoms with E-state index in [1.165, 1.54) is 7.11 Å². The van der Waals surface area contributed by atoms with Crippen molar-refractivity contribution in [3.8, 4) is 11.1 Å². The third-order valence-electron chi connectivity index (χ3n) is 4.27. The van der Waals surface area contributed by atoms with E-state index in [1.807, 2.05) is 61.5 Å². The van der Waals surface area contributed by atoms with E-state index in [9.17, 15) is 4.79 Å². The smallest absolute Gasteiger partial charge is 0.338 e. The van der Waals surface area contributed by atoms with Crippen LogP contribution in [-0.4, -0.2) is 13.1 Å². The largest absolute Gasteiger partial charge is 0.465 e. The molecule has 3 nitrogen and oxygen atoms in total. The Kier molecular flexibility index (Phi) is 3.35. The number of carbonyl (C=O) groups excluding carboxylic acids is 1. The predicted octanol–water partition coefficient (Wildman–Crippen LogP) is 5.35.